The van der Waals surface area contributed by atoms with Gasteiger partial charge < -0.3 is 5.32 Å². The van der Waals surface area contributed by atoms with Gasteiger partial charge in [-0.15, -0.1) is 0 Å². The highest BCUT2D eigenvalue weighted by Gasteiger charge is 2.12. The Hall–Kier alpha value is -2.62. The lowest BCUT2D eigenvalue weighted by Crippen LogP contribution is -2.24. The molecule has 3 rings (SSSR count). The SMILES string of the molecule is CNS(=O)(=O)Cc1ccc(CNC(=O)CSc2nccn2-c2cccc(C)c2C)cc1. The van der Waals surface area contributed by atoms with Gasteiger partial charge in [-0.25, -0.2) is 18.1 Å². The van der Waals surface area contributed by atoms with Crippen molar-refractivity contribution in [3.8, 4) is 5.69 Å². The predicted molar refractivity (Wildman–Crippen MR) is 124 cm³/mol. The van der Waals surface area contributed by atoms with Gasteiger partial charge >= 0.3 is 0 Å². The van der Waals surface area contributed by atoms with Crippen LogP contribution in [0, 0.1) is 13.8 Å². The molecule has 9 heteroatoms. The summed E-state index contributed by atoms with van der Waals surface area (Å²) >= 11 is 1.38. The third-order valence-electron chi connectivity index (χ3n) is 4.96. The van der Waals surface area contributed by atoms with E-state index in [1.807, 2.05) is 35.0 Å². The van der Waals surface area contributed by atoms with Crippen LogP contribution in [-0.4, -0.2) is 36.7 Å². The molecule has 0 fully saturated rings. The van der Waals surface area contributed by atoms with Crippen LogP contribution in [-0.2, 0) is 27.1 Å². The summed E-state index contributed by atoms with van der Waals surface area (Å²) in [6.45, 7) is 4.53. The summed E-state index contributed by atoms with van der Waals surface area (Å²) in [7, 11) is -1.90. The standard InChI is InChI=1S/C22H26N4O3S2/c1-16-5-4-6-20(17(16)2)26-12-11-24-22(26)30-14-21(27)25-13-18-7-9-19(10-8-18)15-31(28,29)23-3/h4-12,23H,13-15H2,1-3H3,(H,25,27). The minimum absolute atomic E-state index is 0.0696. The van der Waals surface area contributed by atoms with Crippen LogP contribution in [0.4, 0.5) is 0 Å². The number of nitrogens with zero attached hydrogens (tertiary/aromatic N) is 2. The maximum Gasteiger partial charge on any atom is 0.230 e. The first-order valence-electron chi connectivity index (χ1n) is 9.77. The quantitative estimate of drug-likeness (QED) is 0.481. The summed E-state index contributed by atoms with van der Waals surface area (Å²) in [4.78, 5) is 16.7. The fraction of sp³-hybridized carbons (Fsp3) is 0.273. The molecular weight excluding hydrogens is 432 g/mol. The van der Waals surface area contributed by atoms with Crippen molar-refractivity contribution in [2.24, 2.45) is 0 Å². The number of aryl methyl sites for hydroxylation is 1. The number of thioether (sulfide) groups is 1. The molecule has 31 heavy (non-hydrogen) atoms. The van der Waals surface area contributed by atoms with E-state index < -0.39 is 10.0 Å². The van der Waals surface area contributed by atoms with E-state index in [2.05, 4.69) is 34.9 Å². The van der Waals surface area contributed by atoms with Crippen molar-refractivity contribution in [2.45, 2.75) is 31.3 Å². The second kappa shape index (κ2) is 10.1. The van der Waals surface area contributed by atoms with Crippen molar-refractivity contribution in [1.29, 1.82) is 0 Å². The van der Waals surface area contributed by atoms with Gasteiger partial charge in [-0.2, -0.15) is 0 Å². The monoisotopic (exact) mass is 458 g/mol. The minimum Gasteiger partial charge on any atom is -0.351 e. The molecular formula is C22H26N4O3S2. The van der Waals surface area contributed by atoms with Crippen LogP contribution in [0.5, 0.6) is 0 Å². The maximum atomic E-state index is 12.3. The summed E-state index contributed by atoms with van der Waals surface area (Å²) in [5.74, 6) is 0.0857. The highest BCUT2D eigenvalue weighted by atomic mass is 32.2. The maximum absolute atomic E-state index is 12.3. The number of rotatable bonds is 9. The van der Waals surface area contributed by atoms with Gasteiger partial charge in [-0.1, -0.05) is 48.2 Å². The van der Waals surface area contributed by atoms with Crippen molar-refractivity contribution >= 4 is 27.7 Å². The van der Waals surface area contributed by atoms with Crippen LogP contribution in [0.15, 0.2) is 60.0 Å². The van der Waals surface area contributed by atoms with Gasteiger partial charge in [0.2, 0.25) is 15.9 Å². The van der Waals surface area contributed by atoms with Gasteiger partial charge in [-0.05, 0) is 49.2 Å². The smallest absolute Gasteiger partial charge is 0.230 e. The Morgan fingerprint density at radius 1 is 1.10 bits per heavy atom. The van der Waals surface area contributed by atoms with E-state index in [1.54, 1.807) is 18.3 Å². The highest BCUT2D eigenvalue weighted by molar-refractivity contribution is 7.99. The summed E-state index contributed by atoms with van der Waals surface area (Å²) in [5.41, 5.74) is 5.03. The van der Waals surface area contributed by atoms with E-state index in [0.717, 1.165) is 16.4 Å². The van der Waals surface area contributed by atoms with E-state index in [4.69, 9.17) is 0 Å². The molecule has 2 N–H and O–H groups in total. The summed E-state index contributed by atoms with van der Waals surface area (Å²) < 4.78 is 27.5. The van der Waals surface area contributed by atoms with E-state index >= 15 is 0 Å². The number of carbonyl (C=O) groups is 1. The molecule has 1 heterocycles. The van der Waals surface area contributed by atoms with Gasteiger partial charge in [0.15, 0.2) is 5.16 Å². The molecule has 0 bridgehead atoms. The number of amides is 1. The van der Waals surface area contributed by atoms with Crippen LogP contribution in [0.25, 0.3) is 5.69 Å². The zero-order valence-electron chi connectivity index (χ0n) is 17.8. The fourth-order valence-corrected chi connectivity index (χ4v) is 4.57. The molecule has 164 valence electrons. The van der Waals surface area contributed by atoms with Crippen LogP contribution in [0.2, 0.25) is 0 Å². The first-order valence-corrected chi connectivity index (χ1v) is 12.4. The number of nitrogens with one attached hydrogen (secondary N) is 2. The zero-order chi connectivity index (χ0) is 22.4. The Bertz CT molecular complexity index is 1160. The number of sulfonamides is 1. The molecule has 1 amide bonds. The molecule has 2 aromatic carbocycles. The van der Waals surface area contributed by atoms with E-state index in [9.17, 15) is 13.2 Å². The number of carbonyl (C=O) groups excluding carboxylic acids is 1. The number of aromatic nitrogens is 2. The molecule has 0 spiro atoms. The Labute approximate surface area is 187 Å². The Kier molecular flexibility index (Phi) is 7.53. The van der Waals surface area contributed by atoms with Gasteiger partial charge in [0.25, 0.3) is 0 Å². The topological polar surface area (TPSA) is 93.1 Å². The first kappa shape index (κ1) is 23.1. The number of hydrogen-bond acceptors (Lipinski definition) is 5. The predicted octanol–water partition coefficient (Wildman–Crippen LogP) is 2.95. The Morgan fingerprint density at radius 2 is 1.81 bits per heavy atom. The van der Waals surface area contributed by atoms with Crippen LogP contribution in [0.3, 0.4) is 0 Å². The molecule has 0 unspecified atom stereocenters. The largest absolute Gasteiger partial charge is 0.351 e. The summed E-state index contributed by atoms with van der Waals surface area (Å²) in [6, 6.07) is 13.3. The number of benzene rings is 2. The van der Waals surface area contributed by atoms with Crippen molar-refractivity contribution in [1.82, 2.24) is 19.6 Å². The summed E-state index contributed by atoms with van der Waals surface area (Å²) in [6.07, 6.45) is 3.63. The van der Waals surface area contributed by atoms with E-state index in [0.29, 0.717) is 12.1 Å². The zero-order valence-corrected chi connectivity index (χ0v) is 19.4. The molecule has 0 aliphatic carbocycles. The van der Waals surface area contributed by atoms with E-state index in [1.165, 1.54) is 29.9 Å². The molecule has 0 atom stereocenters. The normalized spacial score (nSPS) is 11.5. The number of imidazole rings is 1. The van der Waals surface area contributed by atoms with Crippen LogP contribution >= 0.6 is 11.8 Å². The average Bonchev–Trinajstić information content (AvgIpc) is 3.22. The molecule has 0 radical (unpaired) electrons. The third kappa shape index (κ3) is 6.19. The minimum atomic E-state index is -3.30. The average molecular weight is 459 g/mol. The van der Waals surface area contributed by atoms with Crippen molar-refractivity contribution < 1.29 is 13.2 Å². The van der Waals surface area contributed by atoms with E-state index in [-0.39, 0.29) is 17.4 Å². The first-order chi connectivity index (χ1) is 14.8. The van der Waals surface area contributed by atoms with Crippen molar-refractivity contribution in [3.05, 3.63) is 77.1 Å². The molecule has 0 aliphatic rings. The lowest BCUT2D eigenvalue weighted by molar-refractivity contribution is -0.118. The van der Waals surface area contributed by atoms with Gasteiger partial charge in [0, 0.05) is 18.9 Å². The summed E-state index contributed by atoms with van der Waals surface area (Å²) in [5, 5.41) is 3.66. The molecule has 0 aliphatic heterocycles. The lowest BCUT2D eigenvalue weighted by atomic mass is 10.1. The second-order valence-electron chi connectivity index (χ2n) is 7.14. The number of hydrogen-bond donors (Lipinski definition) is 2. The van der Waals surface area contributed by atoms with Crippen molar-refractivity contribution in [3.63, 3.8) is 0 Å². The molecule has 0 saturated carbocycles. The second-order valence-corrected chi connectivity index (χ2v) is 10.0. The van der Waals surface area contributed by atoms with Gasteiger partial charge in [0.1, 0.15) is 0 Å². The van der Waals surface area contributed by atoms with Crippen molar-refractivity contribution in [2.75, 3.05) is 12.8 Å². The highest BCUT2D eigenvalue weighted by Crippen LogP contribution is 2.24. The molecule has 0 saturated heterocycles. The fourth-order valence-electron chi connectivity index (χ4n) is 3.00. The molecule has 3 aromatic rings. The third-order valence-corrected chi connectivity index (χ3v) is 7.26. The molecule has 1 aromatic heterocycles. The molecule has 7 nitrogen and oxygen atoms in total. The van der Waals surface area contributed by atoms with Gasteiger partial charge in [0.05, 0.1) is 17.2 Å². The van der Waals surface area contributed by atoms with Gasteiger partial charge in [-0.3, -0.25) is 9.36 Å². The van der Waals surface area contributed by atoms with Crippen LogP contribution in [0.1, 0.15) is 22.3 Å². The van der Waals surface area contributed by atoms with Crippen LogP contribution < -0.4 is 10.0 Å². The Balaban J connectivity index is 1.54. The lowest BCUT2D eigenvalue weighted by Gasteiger charge is -2.12. The Morgan fingerprint density at radius 3 is 2.52 bits per heavy atom.